The normalized spacial score (nSPS) is 14.2. The second-order valence-corrected chi connectivity index (χ2v) is 7.91. The highest BCUT2D eigenvalue weighted by atomic mass is 32.1. The smallest absolute Gasteiger partial charge is 0.291 e. The zero-order chi connectivity index (χ0) is 20.2. The van der Waals surface area contributed by atoms with Gasteiger partial charge in [0.15, 0.2) is 0 Å². The maximum absolute atomic E-state index is 12.6. The van der Waals surface area contributed by atoms with Crippen molar-refractivity contribution in [2.45, 2.75) is 19.8 Å². The van der Waals surface area contributed by atoms with Crippen LogP contribution in [0.3, 0.4) is 0 Å². The number of nitrogens with one attached hydrogen (secondary N) is 1. The molecule has 1 aliphatic heterocycles. The molecule has 1 saturated heterocycles. The van der Waals surface area contributed by atoms with Gasteiger partial charge >= 0.3 is 0 Å². The van der Waals surface area contributed by atoms with E-state index < -0.39 is 0 Å². The van der Waals surface area contributed by atoms with Crippen molar-refractivity contribution in [3.8, 4) is 5.75 Å². The van der Waals surface area contributed by atoms with Crippen LogP contribution in [0.15, 0.2) is 35.7 Å². The van der Waals surface area contributed by atoms with Crippen LogP contribution < -0.4 is 15.8 Å². The molecule has 0 radical (unpaired) electrons. The molecule has 0 atom stereocenters. The second-order valence-electron chi connectivity index (χ2n) is 6.99. The summed E-state index contributed by atoms with van der Waals surface area (Å²) < 4.78 is 6.93. The standard InChI is InChI=1S/C20H24N6O2S/c1-14-8-13-29-17(14)18(27)26-19(21)23-20(24-26)22-15-4-6-16(7-5-15)28-12-11-25-9-2-3-10-25/h4-8,13H,2-3,9-12H2,1H3,(H3,21,22,23,24). The average Bonchev–Trinajstić information content (AvgIpc) is 3.45. The number of aryl methyl sites for hydroxylation is 1. The van der Waals surface area contributed by atoms with Gasteiger partial charge in [-0.15, -0.1) is 16.4 Å². The summed E-state index contributed by atoms with van der Waals surface area (Å²) in [5, 5.41) is 9.15. The number of carbonyl (C=O) groups excluding carboxylic acids is 1. The van der Waals surface area contributed by atoms with Gasteiger partial charge in [0, 0.05) is 12.2 Å². The number of nitrogens with zero attached hydrogens (tertiary/aromatic N) is 4. The minimum atomic E-state index is -0.280. The van der Waals surface area contributed by atoms with Crippen LogP contribution in [0.1, 0.15) is 28.1 Å². The molecule has 0 saturated carbocycles. The number of benzene rings is 1. The van der Waals surface area contributed by atoms with Gasteiger partial charge in [-0.05, 0) is 74.1 Å². The largest absolute Gasteiger partial charge is 0.492 e. The number of nitrogens with two attached hydrogens (primary N) is 1. The maximum atomic E-state index is 12.6. The van der Waals surface area contributed by atoms with Crippen LogP contribution in [0.25, 0.3) is 0 Å². The summed E-state index contributed by atoms with van der Waals surface area (Å²) in [4.78, 5) is 19.8. The average molecular weight is 413 g/mol. The van der Waals surface area contributed by atoms with E-state index in [9.17, 15) is 4.79 Å². The lowest BCUT2D eigenvalue weighted by Gasteiger charge is -2.15. The lowest BCUT2D eigenvalue weighted by Crippen LogP contribution is -2.25. The number of ether oxygens (including phenoxy) is 1. The Hall–Kier alpha value is -2.91. The van der Waals surface area contributed by atoms with Crippen LogP contribution >= 0.6 is 11.3 Å². The first-order chi connectivity index (χ1) is 14.1. The quantitative estimate of drug-likeness (QED) is 0.615. The Kier molecular flexibility index (Phi) is 5.77. The molecule has 3 aromatic rings. The van der Waals surface area contributed by atoms with Crippen molar-refractivity contribution in [2.75, 3.05) is 37.3 Å². The summed E-state index contributed by atoms with van der Waals surface area (Å²) in [6.45, 7) is 5.86. The highest BCUT2D eigenvalue weighted by Crippen LogP contribution is 2.21. The van der Waals surface area contributed by atoms with Crippen molar-refractivity contribution >= 4 is 34.8 Å². The molecule has 8 nitrogen and oxygen atoms in total. The topological polar surface area (TPSA) is 98.3 Å². The van der Waals surface area contributed by atoms with E-state index in [-0.39, 0.29) is 17.8 Å². The van der Waals surface area contributed by atoms with Gasteiger partial charge in [0.1, 0.15) is 12.4 Å². The second kappa shape index (κ2) is 8.62. The fraction of sp³-hybridized carbons (Fsp3) is 0.350. The zero-order valence-corrected chi connectivity index (χ0v) is 17.1. The molecule has 4 rings (SSSR count). The molecule has 1 aliphatic rings. The fourth-order valence-electron chi connectivity index (χ4n) is 3.28. The molecule has 3 N–H and O–H groups in total. The lowest BCUT2D eigenvalue weighted by molar-refractivity contribution is 0.0951. The van der Waals surface area contributed by atoms with Crippen LogP contribution in [0.2, 0.25) is 0 Å². The predicted octanol–water partition coefficient (Wildman–Crippen LogP) is 3.14. The van der Waals surface area contributed by atoms with Crippen molar-refractivity contribution in [3.63, 3.8) is 0 Å². The Morgan fingerprint density at radius 3 is 2.69 bits per heavy atom. The minimum absolute atomic E-state index is 0.0483. The number of carbonyl (C=O) groups is 1. The van der Waals surface area contributed by atoms with Crippen molar-refractivity contribution in [1.29, 1.82) is 0 Å². The SMILES string of the molecule is Cc1ccsc1C(=O)n1nc(Nc2ccc(OCCN3CCCC3)cc2)nc1N. The summed E-state index contributed by atoms with van der Waals surface area (Å²) in [6, 6.07) is 9.44. The van der Waals surface area contributed by atoms with Crippen LogP contribution in [-0.4, -0.2) is 51.8 Å². The third-order valence-electron chi connectivity index (χ3n) is 4.87. The minimum Gasteiger partial charge on any atom is -0.492 e. The number of likely N-dealkylation sites (tertiary alicyclic amines) is 1. The molecule has 152 valence electrons. The Balaban J connectivity index is 1.35. The number of thiophene rings is 1. The molecular formula is C20H24N6O2S. The van der Waals surface area contributed by atoms with E-state index in [1.807, 2.05) is 42.6 Å². The molecule has 2 aromatic heterocycles. The lowest BCUT2D eigenvalue weighted by atomic mass is 10.3. The highest BCUT2D eigenvalue weighted by molar-refractivity contribution is 7.12. The van der Waals surface area contributed by atoms with Crippen LogP contribution in [0.4, 0.5) is 17.6 Å². The van der Waals surface area contributed by atoms with Gasteiger partial charge in [0.2, 0.25) is 11.9 Å². The highest BCUT2D eigenvalue weighted by Gasteiger charge is 2.19. The van der Waals surface area contributed by atoms with Gasteiger partial charge in [-0.1, -0.05) is 0 Å². The summed E-state index contributed by atoms with van der Waals surface area (Å²) in [7, 11) is 0. The molecule has 0 bridgehead atoms. The molecule has 0 unspecified atom stereocenters. The summed E-state index contributed by atoms with van der Waals surface area (Å²) >= 11 is 1.36. The van der Waals surface area contributed by atoms with E-state index >= 15 is 0 Å². The summed E-state index contributed by atoms with van der Waals surface area (Å²) in [6.07, 6.45) is 2.57. The molecule has 0 amide bonds. The Bertz CT molecular complexity index is 975. The van der Waals surface area contributed by atoms with Crippen LogP contribution in [-0.2, 0) is 0 Å². The van der Waals surface area contributed by atoms with Gasteiger partial charge in [0.25, 0.3) is 5.91 Å². The number of hydrogen-bond donors (Lipinski definition) is 2. The van der Waals surface area contributed by atoms with E-state index in [0.717, 1.165) is 28.2 Å². The molecule has 1 fully saturated rings. The molecule has 1 aromatic carbocycles. The number of aromatic nitrogens is 3. The van der Waals surface area contributed by atoms with E-state index in [1.54, 1.807) is 0 Å². The molecule has 9 heteroatoms. The van der Waals surface area contributed by atoms with E-state index in [0.29, 0.717) is 11.5 Å². The molecule has 0 spiro atoms. The van der Waals surface area contributed by atoms with Gasteiger partial charge in [-0.25, -0.2) is 0 Å². The first-order valence-electron chi connectivity index (χ1n) is 9.64. The summed E-state index contributed by atoms with van der Waals surface area (Å²) in [5.41, 5.74) is 7.57. The van der Waals surface area contributed by atoms with Crippen molar-refractivity contribution in [1.82, 2.24) is 19.7 Å². The maximum Gasteiger partial charge on any atom is 0.291 e. The molecule has 0 aliphatic carbocycles. The van der Waals surface area contributed by atoms with Gasteiger partial charge in [-0.3, -0.25) is 9.69 Å². The van der Waals surface area contributed by atoms with E-state index in [4.69, 9.17) is 10.5 Å². The third kappa shape index (κ3) is 4.57. The molecule has 29 heavy (non-hydrogen) atoms. The molecular weight excluding hydrogens is 388 g/mol. The Morgan fingerprint density at radius 1 is 1.24 bits per heavy atom. The van der Waals surface area contributed by atoms with Gasteiger partial charge in [-0.2, -0.15) is 9.67 Å². The van der Waals surface area contributed by atoms with Crippen LogP contribution in [0.5, 0.6) is 5.75 Å². The first-order valence-corrected chi connectivity index (χ1v) is 10.5. The van der Waals surface area contributed by atoms with Gasteiger partial charge in [0.05, 0.1) is 4.88 Å². The third-order valence-corrected chi connectivity index (χ3v) is 5.87. The van der Waals surface area contributed by atoms with Crippen molar-refractivity contribution < 1.29 is 9.53 Å². The molecule has 3 heterocycles. The van der Waals surface area contributed by atoms with Crippen LogP contribution in [0, 0.1) is 6.92 Å². The van der Waals surface area contributed by atoms with E-state index in [2.05, 4.69) is 20.3 Å². The van der Waals surface area contributed by atoms with Crippen molar-refractivity contribution in [2.24, 2.45) is 0 Å². The zero-order valence-electron chi connectivity index (χ0n) is 16.3. The number of nitrogen functional groups attached to an aromatic ring is 1. The fourth-order valence-corrected chi connectivity index (χ4v) is 4.13. The Morgan fingerprint density at radius 2 is 2.00 bits per heavy atom. The monoisotopic (exact) mass is 412 g/mol. The van der Waals surface area contributed by atoms with E-state index in [1.165, 1.54) is 37.3 Å². The summed E-state index contributed by atoms with van der Waals surface area (Å²) in [5.74, 6) is 0.855. The predicted molar refractivity (Wildman–Crippen MR) is 114 cm³/mol. The number of hydrogen-bond acceptors (Lipinski definition) is 8. The van der Waals surface area contributed by atoms with Crippen molar-refractivity contribution in [3.05, 3.63) is 46.2 Å². The first kappa shape index (κ1) is 19.4. The van der Waals surface area contributed by atoms with Gasteiger partial charge < -0.3 is 15.8 Å². The number of rotatable bonds is 7. The Labute approximate surface area is 173 Å². The number of anilines is 3.